The smallest absolute Gasteiger partial charge is 0.224 e. The lowest BCUT2D eigenvalue weighted by Crippen LogP contribution is -2.31. The van der Waals surface area contributed by atoms with Crippen molar-refractivity contribution in [2.75, 3.05) is 0 Å². The van der Waals surface area contributed by atoms with Gasteiger partial charge in [0.1, 0.15) is 72.6 Å². The number of hydrogen-bond donors (Lipinski definition) is 0. The Hall–Kier alpha value is -13.4. The normalized spacial score (nSPS) is 12.7. The molecule has 0 aliphatic carbocycles. The van der Waals surface area contributed by atoms with Crippen LogP contribution in [0.4, 0.5) is 0 Å². The third-order valence-corrected chi connectivity index (χ3v) is 21.6. The van der Waals surface area contributed by atoms with Gasteiger partial charge in [0.05, 0.1) is 39.9 Å². The van der Waals surface area contributed by atoms with Gasteiger partial charge in [0.25, 0.3) is 0 Å². The van der Waals surface area contributed by atoms with Crippen LogP contribution < -0.4 is 18.3 Å². The number of pyridine rings is 5. The van der Waals surface area contributed by atoms with Gasteiger partial charge in [-0.1, -0.05) is 187 Å². The number of benzene rings is 12. The first-order chi connectivity index (χ1) is 55.5. The molecular formula is C100H81N5O4+4. The molecule has 0 atom stereocenters. The Kier molecular flexibility index (Phi) is 15.2. The molecule has 0 radical (unpaired) electrons. The average Bonchev–Trinajstić information content (AvgIpc) is 1.59. The highest BCUT2D eigenvalue weighted by molar-refractivity contribution is 6.18. The molecule has 9 aromatic heterocycles. The van der Waals surface area contributed by atoms with E-state index in [1.807, 2.05) is 56.6 Å². The van der Waals surface area contributed by atoms with Crippen molar-refractivity contribution in [2.45, 2.75) is 48.3 Å². The van der Waals surface area contributed by atoms with E-state index in [1.54, 1.807) is 29.0 Å². The maximum absolute atomic E-state index is 8.20. The van der Waals surface area contributed by atoms with E-state index < -0.39 is 13.7 Å². The van der Waals surface area contributed by atoms with Gasteiger partial charge in [-0.2, -0.15) is 4.57 Å². The lowest BCUT2D eigenvalue weighted by atomic mass is 9.96. The minimum Gasteiger partial charge on any atom is -0.455 e. The van der Waals surface area contributed by atoms with Crippen molar-refractivity contribution in [1.82, 2.24) is 4.98 Å². The molecular weight excluding hydrogens is 1340 g/mol. The Morgan fingerprint density at radius 1 is 0.284 bits per heavy atom. The first-order valence-corrected chi connectivity index (χ1v) is 36.7. The van der Waals surface area contributed by atoms with Crippen LogP contribution in [0.15, 0.2) is 310 Å². The fourth-order valence-corrected chi connectivity index (χ4v) is 16.1. The Bertz CT molecular complexity index is 7320. The van der Waals surface area contributed by atoms with Crippen molar-refractivity contribution < 1.29 is 44.2 Å². The number of aromatic nitrogens is 5. The molecule has 0 saturated heterocycles. The predicted molar refractivity (Wildman–Crippen MR) is 448 cm³/mol. The maximum atomic E-state index is 8.20. The number of nitrogens with zero attached hydrogens (tertiary/aromatic N) is 5. The van der Waals surface area contributed by atoms with Gasteiger partial charge in [-0.25, -0.2) is 13.7 Å². The van der Waals surface area contributed by atoms with E-state index in [0.29, 0.717) is 16.6 Å². The molecule has 0 spiro atoms. The summed E-state index contributed by atoms with van der Waals surface area (Å²) in [6.45, 7) is 5.84. The monoisotopic (exact) mass is 1420 g/mol. The molecule has 21 rings (SSSR count). The molecule has 109 heavy (non-hydrogen) atoms. The van der Waals surface area contributed by atoms with Crippen molar-refractivity contribution in [3.05, 3.63) is 331 Å². The van der Waals surface area contributed by atoms with Crippen LogP contribution in [0.3, 0.4) is 0 Å². The van der Waals surface area contributed by atoms with Crippen molar-refractivity contribution in [1.29, 1.82) is 0 Å². The van der Waals surface area contributed by atoms with E-state index in [2.05, 4.69) is 292 Å². The zero-order valence-corrected chi connectivity index (χ0v) is 62.1. The lowest BCUT2D eigenvalue weighted by molar-refractivity contribution is -0.659. The third-order valence-electron chi connectivity index (χ3n) is 21.6. The Morgan fingerprint density at radius 2 is 0.761 bits per heavy atom. The minimum atomic E-state index is -2.39. The van der Waals surface area contributed by atoms with Crippen LogP contribution in [0.2, 0.25) is 0 Å². The fourth-order valence-electron chi connectivity index (χ4n) is 16.1. The summed E-state index contributed by atoms with van der Waals surface area (Å²) >= 11 is 0. The summed E-state index contributed by atoms with van der Waals surface area (Å²) in [6.07, 6.45) is 9.92. The standard InChI is InChI=1S/C31H26NO.C24H20NO.C23H18NO.C22H17N2O/c1-19-10-13-26(20(2)14-19)30-29-27-16-25-15-23(22-8-6-5-7-9-22)11-12-24(25)17-28(27)33-31(29)21(3)18-32(30)4;1-15-8-10-18(16(2)12-15)22-13-23-21(14-25(22)3)20-11-9-17-6-4-5-7-19(17)24(20)26-23;1-15-7-3-5-9-17(15)21-13-22-20(14-24(21)2)19-12-11-16-8-4-6-10-18(16)23(19)25-22;1-14-6-3-4-8-16(14)19-12-20-18(13-24(19)2)17-10-9-15-7-5-11-23-21(15)22(17)25-20/h5-18H,1-4H3;4-14H,1-3H3;3-14H,1-2H3;3-13H,1-2H3/q4*+1/i1D3,3D3;;;. The van der Waals surface area contributed by atoms with E-state index >= 15 is 0 Å². The molecule has 526 valence electrons. The van der Waals surface area contributed by atoms with Crippen LogP contribution in [-0.2, 0) is 28.2 Å². The van der Waals surface area contributed by atoms with Gasteiger partial charge in [0.2, 0.25) is 22.8 Å². The fraction of sp³-hybridized carbons (Fsp3) is 0.110. The average molecular weight is 1420 g/mol. The minimum absolute atomic E-state index is 0.130. The number of aryl methyl sites for hydroxylation is 11. The summed E-state index contributed by atoms with van der Waals surface area (Å²) in [5, 5.41) is 16.2. The summed E-state index contributed by atoms with van der Waals surface area (Å²) in [5.41, 5.74) is 24.6. The van der Waals surface area contributed by atoms with Gasteiger partial charge in [-0.15, -0.1) is 0 Å². The second kappa shape index (κ2) is 27.2. The molecule has 0 aliphatic heterocycles. The van der Waals surface area contributed by atoms with Crippen LogP contribution in [0.5, 0.6) is 0 Å². The first-order valence-electron chi connectivity index (χ1n) is 39.7. The van der Waals surface area contributed by atoms with E-state index in [0.717, 1.165) is 132 Å². The van der Waals surface area contributed by atoms with Gasteiger partial charge in [0.15, 0.2) is 36.0 Å². The zero-order valence-electron chi connectivity index (χ0n) is 68.1. The number of rotatable bonds is 5. The molecule has 0 fully saturated rings. The van der Waals surface area contributed by atoms with E-state index in [-0.39, 0.29) is 11.1 Å². The van der Waals surface area contributed by atoms with Gasteiger partial charge in [-0.05, 0) is 170 Å². The van der Waals surface area contributed by atoms with Gasteiger partial charge < -0.3 is 17.7 Å². The van der Waals surface area contributed by atoms with Gasteiger partial charge >= 0.3 is 0 Å². The summed E-state index contributed by atoms with van der Waals surface area (Å²) in [7, 11) is 8.10. The molecule has 9 nitrogen and oxygen atoms in total. The largest absolute Gasteiger partial charge is 0.455 e. The molecule has 0 unspecified atom stereocenters. The van der Waals surface area contributed by atoms with Crippen LogP contribution in [-0.4, -0.2) is 4.98 Å². The Balaban J connectivity index is 0.000000108. The van der Waals surface area contributed by atoms with Crippen LogP contribution in [0.25, 0.3) is 187 Å². The molecule has 0 amide bonds. The van der Waals surface area contributed by atoms with E-state index in [4.69, 9.17) is 25.9 Å². The Labute approximate surface area is 640 Å². The summed E-state index contributed by atoms with van der Waals surface area (Å²) in [4.78, 5) is 4.52. The molecule has 9 heterocycles. The topological polar surface area (TPSA) is 81.0 Å². The molecule has 21 aromatic rings. The highest BCUT2D eigenvalue weighted by Gasteiger charge is 2.27. The molecule has 0 aliphatic rings. The summed E-state index contributed by atoms with van der Waals surface area (Å²) in [5.74, 6) is 0. The van der Waals surface area contributed by atoms with Crippen molar-refractivity contribution in [3.63, 3.8) is 0 Å². The highest BCUT2D eigenvalue weighted by atomic mass is 16.3. The summed E-state index contributed by atoms with van der Waals surface area (Å²) < 4.78 is 81.6. The second-order valence-corrected chi connectivity index (χ2v) is 28.9. The molecule has 0 bridgehead atoms. The number of furan rings is 4. The Morgan fingerprint density at radius 3 is 1.34 bits per heavy atom. The molecule has 0 saturated carbocycles. The lowest BCUT2D eigenvalue weighted by Gasteiger charge is -2.08. The van der Waals surface area contributed by atoms with Gasteiger partial charge in [0, 0.05) is 74.4 Å². The number of hydrogen-bond acceptors (Lipinski definition) is 5. The zero-order chi connectivity index (χ0) is 79.5. The highest BCUT2D eigenvalue weighted by Crippen LogP contribution is 2.42. The quantitative estimate of drug-likeness (QED) is 0.160. The molecule has 9 heteroatoms. The second-order valence-electron chi connectivity index (χ2n) is 28.9. The molecule has 12 aromatic carbocycles. The predicted octanol–water partition coefficient (Wildman–Crippen LogP) is 24.1. The van der Waals surface area contributed by atoms with Crippen molar-refractivity contribution in [3.8, 4) is 56.2 Å². The first kappa shape index (κ1) is 60.9. The van der Waals surface area contributed by atoms with Crippen LogP contribution >= 0.6 is 0 Å². The summed E-state index contributed by atoms with van der Waals surface area (Å²) in [6, 6.07) is 89.1. The SMILES string of the molecule is Cc1ccc(-c2cc3oc4c5ccccc5ccc4c3c[n+]2C)c(C)c1.Cc1ccccc1-c1cc2oc3c(ccc4cccnc43)c2c[n+]1C.Cc1ccccc1-c1cc2oc3c4ccccc4ccc3c2c[n+]1C.[2H]C([2H])([2H])c1ccc(-c2c3c(oc4cc5ccc(-c6ccccc6)cc5cc43)c(C([2H])([2H])[2H])c[n+]2C)c(C)c1. The van der Waals surface area contributed by atoms with Gasteiger partial charge in [-0.3, -0.25) is 4.98 Å². The maximum Gasteiger partial charge on any atom is 0.224 e. The van der Waals surface area contributed by atoms with Crippen LogP contribution in [0, 0.1) is 48.3 Å². The number of fused-ring (bicyclic) bond motifs is 19. The van der Waals surface area contributed by atoms with Crippen molar-refractivity contribution >= 4 is 131 Å². The van der Waals surface area contributed by atoms with E-state index in [9.17, 15) is 0 Å². The third kappa shape index (κ3) is 12.0. The van der Waals surface area contributed by atoms with Crippen molar-refractivity contribution in [2.24, 2.45) is 28.2 Å². The molecule has 0 N–H and O–H groups in total. The van der Waals surface area contributed by atoms with Crippen LogP contribution in [0.1, 0.15) is 47.2 Å². The van der Waals surface area contributed by atoms with E-state index in [1.165, 1.54) is 66.2 Å².